The zero-order valence-electron chi connectivity index (χ0n) is 20.1. The lowest BCUT2D eigenvalue weighted by Crippen LogP contribution is -2.35. The van der Waals surface area contributed by atoms with E-state index in [2.05, 4.69) is 26.0 Å². The van der Waals surface area contributed by atoms with E-state index in [-0.39, 0.29) is 11.8 Å². The van der Waals surface area contributed by atoms with Crippen molar-refractivity contribution in [2.75, 3.05) is 16.0 Å². The molecule has 0 saturated heterocycles. The van der Waals surface area contributed by atoms with Crippen molar-refractivity contribution in [1.29, 1.82) is 0 Å². The molecule has 6 rings (SSSR count). The van der Waals surface area contributed by atoms with Gasteiger partial charge < -0.3 is 20.7 Å². The number of ether oxygens (including phenoxy) is 1. The molecule has 0 aliphatic heterocycles. The largest absolute Gasteiger partial charge is 0.438 e. The minimum Gasteiger partial charge on any atom is -0.438 e. The Morgan fingerprint density at radius 3 is 2.11 bits per heavy atom. The van der Waals surface area contributed by atoms with E-state index in [0.717, 1.165) is 12.8 Å². The smallest absolute Gasteiger partial charge is 0.240 e. The molecule has 4 aromatic rings. The number of fused-ring (bicyclic) bond motifs is 1. The van der Waals surface area contributed by atoms with Gasteiger partial charge in [0.25, 0.3) is 0 Å². The maximum atomic E-state index is 13.1. The summed E-state index contributed by atoms with van der Waals surface area (Å²) in [4.78, 5) is 41.9. The van der Waals surface area contributed by atoms with Gasteiger partial charge in [-0.25, -0.2) is 13.9 Å². The SMILES string of the molecule is O=C(Nc1cn2nc(Oc3ccc(NC(=O)C4(C(=O)Nc5ccc(F)cc5)CC4)cc3)ccc2n1)C1CC1. The summed E-state index contributed by atoms with van der Waals surface area (Å²) in [5, 5.41) is 12.6. The van der Waals surface area contributed by atoms with Crippen molar-refractivity contribution in [2.45, 2.75) is 25.7 Å². The van der Waals surface area contributed by atoms with Crippen molar-refractivity contribution in [3.8, 4) is 11.6 Å². The van der Waals surface area contributed by atoms with Crippen molar-refractivity contribution < 1.29 is 23.5 Å². The Morgan fingerprint density at radius 1 is 0.868 bits per heavy atom. The van der Waals surface area contributed by atoms with Crippen LogP contribution in [0.4, 0.5) is 21.6 Å². The third-order valence-electron chi connectivity index (χ3n) is 6.55. The first-order valence-electron chi connectivity index (χ1n) is 12.2. The number of carbonyl (C=O) groups is 3. The number of imidazole rings is 1. The predicted molar refractivity (Wildman–Crippen MR) is 136 cm³/mol. The summed E-state index contributed by atoms with van der Waals surface area (Å²) >= 11 is 0. The van der Waals surface area contributed by atoms with Crippen molar-refractivity contribution in [3.05, 3.63) is 72.7 Å². The number of carbonyl (C=O) groups excluding carboxylic acids is 3. The number of amides is 3. The number of nitrogens with one attached hydrogen (secondary N) is 3. The monoisotopic (exact) mass is 514 g/mol. The molecule has 3 N–H and O–H groups in total. The van der Waals surface area contributed by atoms with Gasteiger partial charge in [-0.05, 0) is 80.3 Å². The van der Waals surface area contributed by atoms with E-state index in [9.17, 15) is 18.8 Å². The second kappa shape index (κ2) is 9.25. The Kier molecular flexibility index (Phi) is 5.74. The van der Waals surface area contributed by atoms with E-state index in [1.165, 1.54) is 28.8 Å². The zero-order chi connectivity index (χ0) is 26.3. The van der Waals surface area contributed by atoms with E-state index < -0.39 is 23.0 Å². The molecule has 0 atom stereocenters. The molecule has 2 saturated carbocycles. The Hall–Kier alpha value is -4.80. The van der Waals surface area contributed by atoms with Gasteiger partial charge in [-0.3, -0.25) is 14.4 Å². The highest BCUT2D eigenvalue weighted by atomic mass is 19.1. The number of aromatic nitrogens is 3. The Labute approximate surface area is 216 Å². The van der Waals surface area contributed by atoms with Gasteiger partial charge in [0.1, 0.15) is 17.0 Å². The van der Waals surface area contributed by atoms with Crippen LogP contribution in [-0.4, -0.2) is 32.3 Å². The number of nitrogens with zero attached hydrogens (tertiary/aromatic N) is 3. The predicted octanol–water partition coefficient (Wildman–Crippen LogP) is 4.37. The van der Waals surface area contributed by atoms with E-state index in [1.54, 1.807) is 42.6 Å². The van der Waals surface area contributed by atoms with Crippen LogP contribution in [0.2, 0.25) is 0 Å². The minimum absolute atomic E-state index is 0.0295. The van der Waals surface area contributed by atoms with Crippen LogP contribution in [0.3, 0.4) is 0 Å². The standard InChI is InChI=1S/C27H23FN6O4/c28-17-3-5-18(6-4-17)29-25(36)27(13-14-27)26(37)30-19-7-9-20(10-8-19)38-23-12-11-22-31-21(15-34(22)33-23)32-24(35)16-1-2-16/h3-12,15-16H,1-2,13-14H2,(H,29,36)(H,30,37)(H,32,35). The van der Waals surface area contributed by atoms with E-state index in [0.29, 0.717) is 47.3 Å². The summed E-state index contributed by atoms with van der Waals surface area (Å²) in [6.07, 6.45) is 4.31. The molecule has 3 amide bonds. The van der Waals surface area contributed by atoms with Gasteiger partial charge in [0, 0.05) is 23.4 Å². The fourth-order valence-corrected chi connectivity index (χ4v) is 4.00. The highest BCUT2D eigenvalue weighted by Gasteiger charge is 2.56. The molecule has 2 fully saturated rings. The second-order valence-corrected chi connectivity index (χ2v) is 9.49. The second-order valence-electron chi connectivity index (χ2n) is 9.49. The van der Waals surface area contributed by atoms with Gasteiger partial charge in [0.15, 0.2) is 11.5 Å². The van der Waals surface area contributed by atoms with Gasteiger partial charge in [0.2, 0.25) is 23.6 Å². The number of anilines is 3. The molecule has 0 radical (unpaired) electrons. The summed E-state index contributed by atoms with van der Waals surface area (Å²) in [5.74, 6) is 0.0713. The van der Waals surface area contributed by atoms with Crippen LogP contribution in [-0.2, 0) is 14.4 Å². The molecule has 10 nitrogen and oxygen atoms in total. The van der Waals surface area contributed by atoms with Gasteiger partial charge >= 0.3 is 0 Å². The van der Waals surface area contributed by atoms with Gasteiger partial charge in [-0.2, -0.15) is 0 Å². The van der Waals surface area contributed by atoms with Gasteiger partial charge in [-0.15, -0.1) is 5.10 Å². The first kappa shape index (κ1) is 23.6. The number of rotatable bonds is 8. The number of halogens is 1. The third-order valence-corrected chi connectivity index (χ3v) is 6.55. The molecule has 2 aliphatic rings. The van der Waals surface area contributed by atoms with Gasteiger partial charge in [0.05, 0.1) is 6.20 Å². The summed E-state index contributed by atoms with van der Waals surface area (Å²) in [6.45, 7) is 0. The molecule has 2 aliphatic carbocycles. The van der Waals surface area contributed by atoms with E-state index in [4.69, 9.17) is 4.74 Å². The normalized spacial score (nSPS) is 15.5. The topological polar surface area (TPSA) is 127 Å². The first-order chi connectivity index (χ1) is 18.4. The van der Waals surface area contributed by atoms with E-state index in [1.807, 2.05) is 0 Å². The van der Waals surface area contributed by atoms with Crippen LogP contribution in [0, 0.1) is 17.2 Å². The maximum Gasteiger partial charge on any atom is 0.240 e. The molecule has 11 heteroatoms. The molecule has 192 valence electrons. The highest BCUT2D eigenvalue weighted by Crippen LogP contribution is 2.47. The van der Waals surface area contributed by atoms with Crippen LogP contribution >= 0.6 is 0 Å². The lowest BCUT2D eigenvalue weighted by Gasteiger charge is -2.15. The molecule has 38 heavy (non-hydrogen) atoms. The fraction of sp³-hybridized carbons (Fsp3) is 0.222. The molecule has 2 aromatic heterocycles. The minimum atomic E-state index is -1.15. The highest BCUT2D eigenvalue weighted by molar-refractivity contribution is 6.16. The molecule has 0 spiro atoms. The number of hydrogen-bond donors (Lipinski definition) is 3. The van der Waals surface area contributed by atoms with Crippen molar-refractivity contribution in [2.24, 2.45) is 11.3 Å². The van der Waals surface area contributed by atoms with Crippen molar-refractivity contribution in [1.82, 2.24) is 14.6 Å². The Morgan fingerprint density at radius 2 is 1.50 bits per heavy atom. The summed E-state index contributed by atoms with van der Waals surface area (Å²) in [5.41, 5.74) is 0.361. The molecular formula is C27H23FN6O4. The molecule has 2 aromatic carbocycles. The molecular weight excluding hydrogens is 491 g/mol. The fourth-order valence-electron chi connectivity index (χ4n) is 4.00. The summed E-state index contributed by atoms with van der Waals surface area (Å²) in [7, 11) is 0. The van der Waals surface area contributed by atoms with Crippen molar-refractivity contribution >= 4 is 40.6 Å². The van der Waals surface area contributed by atoms with Crippen molar-refractivity contribution in [3.63, 3.8) is 0 Å². The number of benzene rings is 2. The number of hydrogen-bond acceptors (Lipinski definition) is 6. The average molecular weight is 515 g/mol. The Balaban J connectivity index is 1.07. The van der Waals surface area contributed by atoms with E-state index >= 15 is 0 Å². The molecule has 2 heterocycles. The van der Waals surface area contributed by atoms with Crippen LogP contribution in [0.1, 0.15) is 25.7 Å². The van der Waals surface area contributed by atoms with Crippen LogP contribution in [0.25, 0.3) is 5.65 Å². The third kappa shape index (κ3) is 4.90. The van der Waals surface area contributed by atoms with Crippen LogP contribution in [0.15, 0.2) is 66.9 Å². The molecule has 0 unspecified atom stereocenters. The molecule has 0 bridgehead atoms. The average Bonchev–Trinajstić information content (AvgIpc) is 3.83. The van der Waals surface area contributed by atoms with Crippen LogP contribution < -0.4 is 20.7 Å². The Bertz CT molecular complexity index is 1540. The quantitative estimate of drug-likeness (QED) is 0.300. The lowest BCUT2D eigenvalue weighted by atomic mass is 10.0. The van der Waals surface area contributed by atoms with Crippen LogP contribution in [0.5, 0.6) is 11.6 Å². The van der Waals surface area contributed by atoms with Gasteiger partial charge in [-0.1, -0.05) is 0 Å². The first-order valence-corrected chi connectivity index (χ1v) is 12.2. The summed E-state index contributed by atoms with van der Waals surface area (Å²) < 4.78 is 20.5. The zero-order valence-corrected chi connectivity index (χ0v) is 20.1. The maximum absolute atomic E-state index is 13.1. The lowest BCUT2D eigenvalue weighted by molar-refractivity contribution is -0.131. The summed E-state index contributed by atoms with van der Waals surface area (Å²) in [6, 6.07) is 15.5.